The van der Waals surface area contributed by atoms with Gasteiger partial charge in [0.15, 0.2) is 0 Å². The molecular weight excluding hydrogens is 160 g/mol. The van der Waals surface area contributed by atoms with Crippen LogP contribution in [0, 0.1) is 0 Å². The van der Waals surface area contributed by atoms with Crippen LogP contribution in [0.5, 0.6) is 0 Å². The van der Waals surface area contributed by atoms with Gasteiger partial charge in [-0.1, -0.05) is 36.4 Å². The van der Waals surface area contributed by atoms with Crippen LogP contribution in [0.3, 0.4) is 0 Å². The molecule has 64 valence electrons. The quantitative estimate of drug-likeness (QED) is 0.737. The Hall–Kier alpha value is -1.83. The molecule has 1 heterocycles. The minimum absolute atomic E-state index is 0.948. The summed E-state index contributed by atoms with van der Waals surface area (Å²) < 4.78 is 0. The fraction of sp³-hybridized carbons (Fsp3) is 0. The molecule has 0 aliphatic carbocycles. The monoisotopic (exact) mass is 170 g/mol. The van der Waals surface area contributed by atoms with Crippen LogP contribution in [-0.2, 0) is 0 Å². The van der Waals surface area contributed by atoms with Crippen molar-refractivity contribution >= 4 is 12.2 Å². The number of rotatable bonds is 2. The molecule has 0 bridgehead atoms. The van der Waals surface area contributed by atoms with Crippen LogP contribution in [0.25, 0.3) is 12.2 Å². The highest BCUT2D eigenvalue weighted by molar-refractivity contribution is 5.67. The van der Waals surface area contributed by atoms with Crippen LogP contribution in [0.15, 0.2) is 42.9 Å². The van der Waals surface area contributed by atoms with E-state index >= 15 is 0 Å². The minimum atomic E-state index is 0.948. The van der Waals surface area contributed by atoms with E-state index in [2.05, 4.69) is 22.1 Å². The van der Waals surface area contributed by atoms with Crippen molar-refractivity contribution in [1.82, 2.24) is 9.97 Å². The van der Waals surface area contributed by atoms with Crippen molar-refractivity contribution < 1.29 is 0 Å². The van der Waals surface area contributed by atoms with E-state index in [-0.39, 0.29) is 0 Å². The van der Waals surface area contributed by atoms with Gasteiger partial charge in [0.1, 0.15) is 0 Å². The number of benzene rings is 1. The molecule has 0 saturated carbocycles. The fourth-order valence-corrected chi connectivity index (χ4v) is 1.11. The summed E-state index contributed by atoms with van der Waals surface area (Å²) in [6, 6.07) is 10.2. The van der Waals surface area contributed by atoms with Gasteiger partial charge in [0.25, 0.3) is 0 Å². The first-order valence-electron chi connectivity index (χ1n) is 4.17. The van der Waals surface area contributed by atoms with Crippen molar-refractivity contribution in [2.24, 2.45) is 0 Å². The predicted molar refractivity (Wildman–Crippen MR) is 54.0 cm³/mol. The Morgan fingerprint density at radius 2 is 1.92 bits per heavy atom. The second kappa shape index (κ2) is 3.72. The van der Waals surface area contributed by atoms with Gasteiger partial charge in [0.05, 0.1) is 12.0 Å². The largest absolute Gasteiger partial charge is 0.351 e. The Balaban J connectivity index is 2.15. The highest BCUT2D eigenvalue weighted by Gasteiger charge is 1.86. The topological polar surface area (TPSA) is 28.7 Å². The second-order valence-electron chi connectivity index (χ2n) is 2.74. The van der Waals surface area contributed by atoms with Crippen molar-refractivity contribution in [3.05, 3.63) is 54.1 Å². The van der Waals surface area contributed by atoms with Crippen molar-refractivity contribution in [2.75, 3.05) is 0 Å². The SMILES string of the molecule is C(=C\c1c[nH]cn1)/c1ccccc1. The molecule has 2 nitrogen and oxygen atoms in total. The summed E-state index contributed by atoms with van der Waals surface area (Å²) >= 11 is 0. The summed E-state index contributed by atoms with van der Waals surface area (Å²) in [5.41, 5.74) is 2.13. The average Bonchev–Trinajstić information content (AvgIpc) is 2.69. The molecule has 0 amide bonds. The van der Waals surface area contributed by atoms with Gasteiger partial charge in [-0.3, -0.25) is 0 Å². The normalized spacial score (nSPS) is 10.8. The van der Waals surface area contributed by atoms with Crippen LogP contribution in [0.2, 0.25) is 0 Å². The van der Waals surface area contributed by atoms with E-state index in [9.17, 15) is 0 Å². The van der Waals surface area contributed by atoms with E-state index in [1.807, 2.05) is 36.5 Å². The van der Waals surface area contributed by atoms with Gasteiger partial charge in [-0.15, -0.1) is 0 Å². The standard InChI is InChI=1S/C11H10N2/c1-2-4-10(5-3-1)6-7-11-8-12-9-13-11/h1-9H,(H,12,13)/b7-6+. The summed E-state index contributed by atoms with van der Waals surface area (Å²) in [4.78, 5) is 6.99. The summed E-state index contributed by atoms with van der Waals surface area (Å²) in [7, 11) is 0. The molecule has 0 atom stereocenters. The van der Waals surface area contributed by atoms with Crippen LogP contribution in [0.4, 0.5) is 0 Å². The highest BCUT2D eigenvalue weighted by atomic mass is 14.8. The first kappa shape index (κ1) is 7.80. The molecule has 0 saturated heterocycles. The lowest BCUT2D eigenvalue weighted by molar-refractivity contribution is 1.31. The minimum Gasteiger partial charge on any atom is -0.351 e. The zero-order valence-corrected chi connectivity index (χ0v) is 7.14. The Labute approximate surface area is 77.0 Å². The number of H-pyrrole nitrogens is 1. The molecular formula is C11H10N2. The van der Waals surface area contributed by atoms with Crippen LogP contribution < -0.4 is 0 Å². The van der Waals surface area contributed by atoms with Crippen molar-refractivity contribution in [2.45, 2.75) is 0 Å². The maximum Gasteiger partial charge on any atom is 0.0927 e. The van der Waals surface area contributed by atoms with Gasteiger partial charge in [-0.05, 0) is 11.6 Å². The van der Waals surface area contributed by atoms with Gasteiger partial charge < -0.3 is 4.98 Å². The lowest BCUT2D eigenvalue weighted by Crippen LogP contribution is -1.70. The Morgan fingerprint density at radius 1 is 1.08 bits per heavy atom. The number of aromatic amines is 1. The molecule has 0 aliphatic rings. The lowest BCUT2D eigenvalue weighted by Gasteiger charge is -1.89. The Bertz CT molecular complexity index is 374. The zero-order valence-electron chi connectivity index (χ0n) is 7.14. The van der Waals surface area contributed by atoms with Crippen molar-refractivity contribution in [3.8, 4) is 0 Å². The number of imidazole rings is 1. The molecule has 2 heteroatoms. The number of nitrogens with one attached hydrogen (secondary N) is 1. The number of hydrogen-bond donors (Lipinski definition) is 1. The molecule has 2 rings (SSSR count). The Kier molecular flexibility index (Phi) is 2.23. The third-order valence-corrected chi connectivity index (χ3v) is 1.77. The van der Waals surface area contributed by atoms with Crippen molar-refractivity contribution in [3.63, 3.8) is 0 Å². The zero-order chi connectivity index (χ0) is 8.93. The molecule has 0 aliphatic heterocycles. The third kappa shape index (κ3) is 2.06. The summed E-state index contributed by atoms with van der Waals surface area (Å²) in [6.45, 7) is 0. The fourth-order valence-electron chi connectivity index (χ4n) is 1.11. The number of nitrogens with zero attached hydrogens (tertiary/aromatic N) is 1. The maximum atomic E-state index is 4.09. The van der Waals surface area contributed by atoms with E-state index in [4.69, 9.17) is 0 Å². The molecule has 13 heavy (non-hydrogen) atoms. The molecule has 1 N–H and O–H groups in total. The summed E-state index contributed by atoms with van der Waals surface area (Å²) in [5, 5.41) is 0. The van der Waals surface area contributed by atoms with E-state index < -0.39 is 0 Å². The van der Waals surface area contributed by atoms with Crippen LogP contribution in [-0.4, -0.2) is 9.97 Å². The van der Waals surface area contributed by atoms with E-state index in [1.165, 1.54) is 5.56 Å². The smallest absolute Gasteiger partial charge is 0.0927 e. The molecule has 0 radical (unpaired) electrons. The van der Waals surface area contributed by atoms with E-state index in [0.29, 0.717) is 0 Å². The van der Waals surface area contributed by atoms with Gasteiger partial charge in [0, 0.05) is 6.20 Å². The molecule has 2 aromatic rings. The maximum absolute atomic E-state index is 4.09. The molecule has 1 aromatic heterocycles. The van der Waals surface area contributed by atoms with Gasteiger partial charge in [0.2, 0.25) is 0 Å². The van der Waals surface area contributed by atoms with Crippen molar-refractivity contribution in [1.29, 1.82) is 0 Å². The number of aromatic nitrogens is 2. The average molecular weight is 170 g/mol. The van der Waals surface area contributed by atoms with Crippen LogP contribution >= 0.6 is 0 Å². The van der Waals surface area contributed by atoms with Crippen LogP contribution in [0.1, 0.15) is 11.3 Å². The Morgan fingerprint density at radius 3 is 2.62 bits per heavy atom. The molecule has 0 unspecified atom stereocenters. The van der Waals surface area contributed by atoms with Gasteiger partial charge >= 0.3 is 0 Å². The lowest BCUT2D eigenvalue weighted by atomic mass is 10.2. The van der Waals surface area contributed by atoms with E-state index in [1.54, 1.807) is 6.33 Å². The number of hydrogen-bond acceptors (Lipinski definition) is 1. The molecule has 0 spiro atoms. The first-order chi connectivity index (χ1) is 6.45. The summed E-state index contributed by atoms with van der Waals surface area (Å²) in [6.07, 6.45) is 7.55. The van der Waals surface area contributed by atoms with E-state index in [0.717, 1.165) is 5.69 Å². The second-order valence-corrected chi connectivity index (χ2v) is 2.74. The van der Waals surface area contributed by atoms with Gasteiger partial charge in [-0.25, -0.2) is 4.98 Å². The third-order valence-electron chi connectivity index (χ3n) is 1.77. The predicted octanol–water partition coefficient (Wildman–Crippen LogP) is 2.58. The van der Waals surface area contributed by atoms with Gasteiger partial charge in [-0.2, -0.15) is 0 Å². The highest BCUT2D eigenvalue weighted by Crippen LogP contribution is 2.04. The first-order valence-corrected chi connectivity index (χ1v) is 4.17. The summed E-state index contributed by atoms with van der Waals surface area (Å²) in [5.74, 6) is 0. The molecule has 0 fully saturated rings. The molecule has 1 aromatic carbocycles.